The van der Waals surface area contributed by atoms with Crippen molar-refractivity contribution in [3.63, 3.8) is 0 Å². The number of aromatic nitrogens is 1. The molecule has 0 spiro atoms. The third-order valence-electron chi connectivity index (χ3n) is 5.52. The first kappa shape index (κ1) is 25.3. The molecule has 186 valence electrons. The number of methoxy groups -OCH3 is 1. The first-order chi connectivity index (χ1) is 17.2. The van der Waals surface area contributed by atoms with Crippen molar-refractivity contribution in [2.24, 2.45) is 4.99 Å². The molecule has 1 aliphatic heterocycles. The van der Waals surface area contributed by atoms with Crippen LogP contribution in [0.4, 0.5) is 5.69 Å². The molecule has 0 unspecified atom stereocenters. The predicted molar refractivity (Wildman–Crippen MR) is 136 cm³/mol. The number of carbonyl (C=O) groups is 1. The van der Waals surface area contributed by atoms with Crippen molar-refractivity contribution < 1.29 is 24.3 Å². The van der Waals surface area contributed by atoms with E-state index >= 15 is 0 Å². The number of aromatic hydroxyl groups is 1. The van der Waals surface area contributed by atoms with Gasteiger partial charge in [0.15, 0.2) is 4.80 Å². The molecule has 0 saturated carbocycles. The van der Waals surface area contributed by atoms with Crippen molar-refractivity contribution in [3.05, 3.63) is 93.1 Å². The van der Waals surface area contributed by atoms with Gasteiger partial charge in [0, 0.05) is 17.7 Å². The van der Waals surface area contributed by atoms with E-state index in [-0.39, 0.29) is 38.2 Å². The van der Waals surface area contributed by atoms with Gasteiger partial charge in [0.25, 0.3) is 11.2 Å². The molecule has 1 atom stereocenters. The maximum atomic E-state index is 13.6. The average molecular weight is 574 g/mol. The Morgan fingerprint density at radius 1 is 1.33 bits per heavy atom. The quantitative estimate of drug-likeness (QED) is 0.272. The molecule has 2 aromatic carbocycles. The lowest BCUT2D eigenvalue weighted by Crippen LogP contribution is -2.39. The lowest BCUT2D eigenvalue weighted by Gasteiger charge is -2.24. The number of halogens is 1. The van der Waals surface area contributed by atoms with Crippen LogP contribution in [-0.4, -0.2) is 34.3 Å². The van der Waals surface area contributed by atoms with E-state index < -0.39 is 22.5 Å². The zero-order chi connectivity index (χ0) is 26.1. The molecule has 2 heterocycles. The molecule has 1 N–H and O–H groups in total. The fraction of sp³-hybridized carbons (Fsp3) is 0.208. The Morgan fingerprint density at radius 2 is 2.03 bits per heavy atom. The van der Waals surface area contributed by atoms with Crippen LogP contribution >= 0.6 is 27.3 Å². The smallest absolute Gasteiger partial charge is 0.338 e. The van der Waals surface area contributed by atoms with Crippen molar-refractivity contribution in [3.8, 4) is 11.5 Å². The van der Waals surface area contributed by atoms with E-state index in [0.717, 1.165) is 11.3 Å². The SMILES string of the molecule is CCOC(=O)C1=C(C)N=c2s/c(=C\c3cc([N+](=O)[O-])cc(Br)c3O)c(=O)n2[C@H]1c1ccc(OC)cc1. The van der Waals surface area contributed by atoms with E-state index in [9.17, 15) is 24.8 Å². The number of rotatable bonds is 6. The van der Waals surface area contributed by atoms with Gasteiger partial charge in [-0.1, -0.05) is 23.5 Å². The number of ether oxygens (including phenoxy) is 2. The van der Waals surface area contributed by atoms with Gasteiger partial charge in [-0.15, -0.1) is 0 Å². The maximum absolute atomic E-state index is 13.6. The van der Waals surface area contributed by atoms with Crippen LogP contribution in [0.2, 0.25) is 0 Å². The van der Waals surface area contributed by atoms with Crippen LogP contribution in [0.5, 0.6) is 11.5 Å². The van der Waals surface area contributed by atoms with Crippen LogP contribution in [0.15, 0.2) is 61.9 Å². The molecule has 0 bridgehead atoms. The van der Waals surface area contributed by atoms with E-state index in [4.69, 9.17) is 9.47 Å². The van der Waals surface area contributed by atoms with Gasteiger partial charge >= 0.3 is 5.97 Å². The summed E-state index contributed by atoms with van der Waals surface area (Å²) in [4.78, 5) is 42.1. The Bertz CT molecular complexity index is 1590. The average Bonchev–Trinajstić information content (AvgIpc) is 3.15. The minimum atomic E-state index is -0.821. The second-order valence-electron chi connectivity index (χ2n) is 7.70. The summed E-state index contributed by atoms with van der Waals surface area (Å²) < 4.78 is 12.2. The Labute approximate surface area is 216 Å². The van der Waals surface area contributed by atoms with Crippen LogP contribution in [-0.2, 0) is 9.53 Å². The molecular weight excluding hydrogens is 554 g/mol. The molecule has 12 heteroatoms. The fourth-order valence-electron chi connectivity index (χ4n) is 3.86. The number of carbonyl (C=O) groups excluding carboxylic acids is 1. The Morgan fingerprint density at radius 3 is 2.64 bits per heavy atom. The number of nitrogens with zero attached hydrogens (tertiary/aromatic N) is 3. The van der Waals surface area contributed by atoms with Gasteiger partial charge in [-0.25, -0.2) is 9.79 Å². The predicted octanol–water partition coefficient (Wildman–Crippen LogP) is 3.18. The first-order valence-electron chi connectivity index (χ1n) is 10.7. The Hall–Kier alpha value is -3.77. The number of benzene rings is 2. The van der Waals surface area contributed by atoms with Crippen LogP contribution in [0.25, 0.3) is 6.08 Å². The van der Waals surface area contributed by atoms with Crippen LogP contribution in [0.1, 0.15) is 31.0 Å². The zero-order valence-electron chi connectivity index (χ0n) is 19.4. The van der Waals surface area contributed by atoms with E-state index in [1.54, 1.807) is 38.1 Å². The number of fused-ring (bicyclic) bond motifs is 1. The number of hydrogen-bond donors (Lipinski definition) is 1. The second kappa shape index (κ2) is 10.1. The number of non-ortho nitro benzene ring substituents is 1. The Balaban J connectivity index is 1.97. The van der Waals surface area contributed by atoms with Crippen LogP contribution in [0, 0.1) is 10.1 Å². The largest absolute Gasteiger partial charge is 0.506 e. The third-order valence-corrected chi connectivity index (χ3v) is 7.11. The standard InChI is InChI=1S/C24H20BrN3O7S/c1-4-35-23(31)19-12(2)26-24-27(20(19)13-5-7-16(34-3)8-6-13)22(30)18(36-24)10-14-9-15(28(32)33)11-17(25)21(14)29/h5-11,20,29H,4H2,1-3H3/b18-10-/t20-/m0/s1. The molecule has 4 rings (SSSR count). The van der Waals surface area contributed by atoms with Crippen molar-refractivity contribution in [1.29, 1.82) is 0 Å². The molecule has 3 aromatic rings. The summed E-state index contributed by atoms with van der Waals surface area (Å²) in [5.41, 5.74) is 0.626. The number of hydrogen-bond acceptors (Lipinski definition) is 9. The number of esters is 1. The topological polar surface area (TPSA) is 133 Å². The highest BCUT2D eigenvalue weighted by atomic mass is 79.9. The summed E-state index contributed by atoms with van der Waals surface area (Å²) in [6, 6.07) is 8.48. The van der Waals surface area contributed by atoms with Gasteiger partial charge < -0.3 is 14.6 Å². The molecule has 0 aliphatic carbocycles. The van der Waals surface area contributed by atoms with Crippen LogP contribution < -0.4 is 19.6 Å². The zero-order valence-corrected chi connectivity index (χ0v) is 21.8. The van der Waals surface area contributed by atoms with Crippen molar-refractivity contribution in [2.75, 3.05) is 13.7 Å². The second-order valence-corrected chi connectivity index (χ2v) is 9.56. The van der Waals surface area contributed by atoms with E-state index in [1.165, 1.54) is 29.9 Å². The minimum Gasteiger partial charge on any atom is -0.506 e. The highest BCUT2D eigenvalue weighted by Crippen LogP contribution is 2.34. The monoisotopic (exact) mass is 573 g/mol. The third kappa shape index (κ3) is 4.56. The number of nitro benzene ring substituents is 1. The van der Waals surface area contributed by atoms with E-state index in [0.29, 0.717) is 21.8 Å². The summed E-state index contributed by atoms with van der Waals surface area (Å²) in [5, 5.41) is 21.7. The van der Waals surface area contributed by atoms with Crippen molar-refractivity contribution in [1.82, 2.24) is 4.57 Å². The molecule has 1 aliphatic rings. The van der Waals surface area contributed by atoms with Gasteiger partial charge in [0.2, 0.25) is 0 Å². The van der Waals surface area contributed by atoms with E-state index in [1.807, 2.05) is 0 Å². The number of nitro groups is 1. The number of phenols is 1. The molecule has 0 amide bonds. The molecule has 0 saturated heterocycles. The lowest BCUT2D eigenvalue weighted by molar-refractivity contribution is -0.385. The normalized spacial score (nSPS) is 15.3. The van der Waals surface area contributed by atoms with Gasteiger partial charge in [0.05, 0.1) is 45.0 Å². The summed E-state index contributed by atoms with van der Waals surface area (Å²) >= 11 is 4.15. The lowest BCUT2D eigenvalue weighted by atomic mass is 9.96. The number of thiazole rings is 1. The Kier molecular flexibility index (Phi) is 7.09. The van der Waals surface area contributed by atoms with Gasteiger partial charge in [-0.2, -0.15) is 0 Å². The fourth-order valence-corrected chi connectivity index (χ4v) is 5.36. The van der Waals surface area contributed by atoms with Gasteiger partial charge in [-0.05, 0) is 53.5 Å². The first-order valence-corrected chi connectivity index (χ1v) is 12.3. The molecule has 10 nitrogen and oxygen atoms in total. The highest BCUT2D eigenvalue weighted by Gasteiger charge is 2.33. The van der Waals surface area contributed by atoms with Crippen LogP contribution in [0.3, 0.4) is 0 Å². The van der Waals surface area contributed by atoms with Gasteiger partial charge in [0.1, 0.15) is 11.5 Å². The molecule has 0 fully saturated rings. The summed E-state index contributed by atoms with van der Waals surface area (Å²) in [6.07, 6.45) is 1.37. The number of phenolic OH excluding ortho intramolecular Hbond substituents is 1. The number of allylic oxidation sites excluding steroid dienone is 1. The van der Waals surface area contributed by atoms with Crippen molar-refractivity contribution in [2.45, 2.75) is 19.9 Å². The summed E-state index contributed by atoms with van der Waals surface area (Å²) in [7, 11) is 1.54. The molecular formula is C24H20BrN3O7S. The molecule has 1 aromatic heterocycles. The van der Waals surface area contributed by atoms with Gasteiger partial charge in [-0.3, -0.25) is 19.5 Å². The van der Waals surface area contributed by atoms with E-state index in [2.05, 4.69) is 20.9 Å². The molecule has 0 radical (unpaired) electrons. The summed E-state index contributed by atoms with van der Waals surface area (Å²) in [5.74, 6) is -0.230. The minimum absolute atomic E-state index is 0.0867. The maximum Gasteiger partial charge on any atom is 0.338 e. The molecule has 36 heavy (non-hydrogen) atoms. The van der Waals surface area contributed by atoms with Crippen molar-refractivity contribution >= 4 is 45.0 Å². The highest BCUT2D eigenvalue weighted by molar-refractivity contribution is 9.10. The summed E-state index contributed by atoms with van der Waals surface area (Å²) in [6.45, 7) is 3.51.